The Morgan fingerprint density at radius 1 is 1.12 bits per heavy atom. The van der Waals surface area contributed by atoms with Gasteiger partial charge in [0.2, 0.25) is 0 Å². The number of ether oxygens (including phenoxy) is 1. The van der Waals surface area contributed by atoms with Gasteiger partial charge in [0.25, 0.3) is 0 Å². The lowest BCUT2D eigenvalue weighted by molar-refractivity contribution is -0.106. The Morgan fingerprint density at radius 2 is 1.88 bits per heavy atom. The molecule has 10 nitrogen and oxygen atoms in total. The van der Waals surface area contributed by atoms with Crippen molar-refractivity contribution >= 4 is 23.2 Å². The molecular formula is C21H41Cl2N7O3. The van der Waals surface area contributed by atoms with Crippen molar-refractivity contribution in [3.63, 3.8) is 0 Å². The summed E-state index contributed by atoms with van der Waals surface area (Å²) in [6.45, 7) is 4.19. The standard InChI is InChI=1S/C21H41Cl2N7O3/c1-29(8-7-25-6-5-12-13(22)3-2-4-14(12)23)9-15-17(31)18(32)21(33-15)30-11-28-16-19(24)26-10-27-20(16)30/h12-21,25-28,31-32H,2-11,24H2,1H3/t12?,13?,14?,15-,16?,17-,18-,19?,20?,21-/m1/s1. The van der Waals surface area contributed by atoms with Crippen LogP contribution in [-0.2, 0) is 4.74 Å². The molecule has 1 saturated carbocycles. The Labute approximate surface area is 206 Å². The number of nitrogens with two attached hydrogens (primary N) is 1. The normalized spacial score (nSPS) is 44.5. The fourth-order valence-corrected chi connectivity index (χ4v) is 6.58. The molecule has 8 N–H and O–H groups in total. The predicted octanol–water partition coefficient (Wildman–Crippen LogP) is -1.65. The van der Waals surface area contributed by atoms with E-state index in [0.717, 1.165) is 45.3 Å². The lowest BCUT2D eigenvalue weighted by atomic mass is 9.86. The highest BCUT2D eigenvalue weighted by molar-refractivity contribution is 6.24. The summed E-state index contributed by atoms with van der Waals surface area (Å²) in [5.41, 5.74) is 6.14. The first kappa shape index (κ1) is 26.2. The van der Waals surface area contributed by atoms with E-state index in [2.05, 4.69) is 26.2 Å². The summed E-state index contributed by atoms with van der Waals surface area (Å²) in [4.78, 5) is 4.13. The number of nitrogens with zero attached hydrogens (tertiary/aromatic N) is 2. The summed E-state index contributed by atoms with van der Waals surface area (Å²) in [5.74, 6) is 0.372. The maximum absolute atomic E-state index is 10.7. The third kappa shape index (κ3) is 6.12. The van der Waals surface area contributed by atoms with Crippen LogP contribution in [0.5, 0.6) is 0 Å². The summed E-state index contributed by atoms with van der Waals surface area (Å²) in [6, 6.07) is 0.0104. The van der Waals surface area contributed by atoms with E-state index in [1.165, 1.54) is 0 Å². The van der Waals surface area contributed by atoms with Gasteiger partial charge in [-0.15, -0.1) is 23.2 Å². The molecule has 4 aliphatic rings. The number of hydrogen-bond acceptors (Lipinski definition) is 10. The first-order valence-electron chi connectivity index (χ1n) is 12.3. The fraction of sp³-hybridized carbons (Fsp3) is 1.00. The molecule has 0 amide bonds. The fourth-order valence-electron chi connectivity index (χ4n) is 5.59. The maximum Gasteiger partial charge on any atom is 0.142 e. The molecule has 3 heterocycles. The van der Waals surface area contributed by atoms with E-state index in [9.17, 15) is 10.2 Å². The number of alkyl halides is 2. The van der Waals surface area contributed by atoms with Gasteiger partial charge in [-0.05, 0) is 38.8 Å². The average molecular weight is 511 g/mol. The molecular weight excluding hydrogens is 469 g/mol. The van der Waals surface area contributed by atoms with Gasteiger partial charge in [0, 0.05) is 37.1 Å². The maximum atomic E-state index is 10.7. The molecule has 5 unspecified atom stereocenters. The van der Waals surface area contributed by atoms with Crippen LogP contribution >= 0.6 is 23.2 Å². The van der Waals surface area contributed by atoms with Crippen molar-refractivity contribution in [2.75, 3.05) is 46.6 Å². The van der Waals surface area contributed by atoms with Gasteiger partial charge in [-0.1, -0.05) is 6.42 Å². The minimum absolute atomic E-state index is 0.0104. The molecule has 4 rings (SSSR count). The number of halogens is 2. The van der Waals surface area contributed by atoms with Crippen LogP contribution in [0.4, 0.5) is 0 Å². The Bertz CT molecular complexity index is 616. The summed E-state index contributed by atoms with van der Waals surface area (Å²) in [7, 11) is 2.00. The summed E-state index contributed by atoms with van der Waals surface area (Å²) >= 11 is 12.9. The largest absolute Gasteiger partial charge is 0.387 e. The molecule has 4 fully saturated rings. The smallest absolute Gasteiger partial charge is 0.142 e. The second-order valence-electron chi connectivity index (χ2n) is 9.93. The van der Waals surface area contributed by atoms with Gasteiger partial charge in [-0.3, -0.25) is 16.0 Å². The van der Waals surface area contributed by atoms with Crippen molar-refractivity contribution in [2.45, 2.75) is 79.4 Å². The number of nitrogens with one attached hydrogen (secondary N) is 4. The van der Waals surface area contributed by atoms with Crippen molar-refractivity contribution in [3.05, 3.63) is 0 Å². The van der Waals surface area contributed by atoms with Gasteiger partial charge >= 0.3 is 0 Å². The van der Waals surface area contributed by atoms with Gasteiger partial charge in [0.1, 0.15) is 24.5 Å². The number of rotatable bonds is 9. The molecule has 192 valence electrons. The van der Waals surface area contributed by atoms with Crippen molar-refractivity contribution in [3.8, 4) is 0 Å². The van der Waals surface area contributed by atoms with Crippen LogP contribution in [-0.4, -0.2) is 120 Å². The van der Waals surface area contributed by atoms with Crippen LogP contribution in [0, 0.1) is 5.92 Å². The molecule has 0 aromatic rings. The molecule has 0 radical (unpaired) electrons. The van der Waals surface area contributed by atoms with Crippen molar-refractivity contribution in [1.29, 1.82) is 0 Å². The number of aliphatic hydroxyl groups excluding tert-OH is 2. The molecule has 0 aromatic heterocycles. The summed E-state index contributed by atoms with van der Waals surface area (Å²) in [6.07, 6.45) is 1.04. The van der Waals surface area contributed by atoms with Crippen molar-refractivity contribution in [2.24, 2.45) is 11.7 Å². The Balaban J connectivity index is 1.17. The van der Waals surface area contributed by atoms with Crippen LogP contribution in [0.1, 0.15) is 25.7 Å². The van der Waals surface area contributed by atoms with E-state index >= 15 is 0 Å². The first-order chi connectivity index (χ1) is 15.9. The third-order valence-corrected chi connectivity index (χ3v) is 8.70. The van der Waals surface area contributed by atoms with Crippen LogP contribution in [0.2, 0.25) is 0 Å². The summed E-state index contributed by atoms with van der Waals surface area (Å²) < 4.78 is 6.15. The molecule has 12 heteroatoms. The van der Waals surface area contributed by atoms with Crippen molar-refractivity contribution < 1.29 is 14.9 Å². The predicted molar refractivity (Wildman–Crippen MR) is 129 cm³/mol. The van der Waals surface area contributed by atoms with Gasteiger partial charge < -0.3 is 30.9 Å². The van der Waals surface area contributed by atoms with E-state index in [1.807, 2.05) is 11.9 Å². The highest BCUT2D eigenvalue weighted by Gasteiger charge is 2.51. The monoisotopic (exact) mass is 509 g/mol. The second-order valence-corrected chi connectivity index (χ2v) is 11.1. The van der Waals surface area contributed by atoms with Gasteiger partial charge in [-0.2, -0.15) is 0 Å². The Morgan fingerprint density at radius 3 is 2.64 bits per heavy atom. The second kappa shape index (κ2) is 11.9. The van der Waals surface area contributed by atoms with Crippen LogP contribution < -0.4 is 27.0 Å². The number of aliphatic hydroxyl groups is 2. The van der Waals surface area contributed by atoms with E-state index in [1.54, 1.807) is 0 Å². The molecule has 3 aliphatic heterocycles. The lowest BCUT2D eigenvalue weighted by Gasteiger charge is -2.38. The molecule has 0 aromatic carbocycles. The Kier molecular flexibility index (Phi) is 9.50. The quantitative estimate of drug-likeness (QED) is 0.143. The number of likely N-dealkylation sites (N-methyl/N-ethyl adjacent to an activating group) is 1. The first-order valence-corrected chi connectivity index (χ1v) is 13.1. The van der Waals surface area contributed by atoms with E-state index < -0.39 is 24.5 Å². The molecule has 33 heavy (non-hydrogen) atoms. The summed E-state index contributed by atoms with van der Waals surface area (Å²) in [5, 5.41) is 35.1. The van der Waals surface area contributed by atoms with E-state index in [-0.39, 0.29) is 29.1 Å². The average Bonchev–Trinajstić information content (AvgIpc) is 3.33. The van der Waals surface area contributed by atoms with E-state index in [4.69, 9.17) is 33.7 Å². The molecule has 9 atom stereocenters. The van der Waals surface area contributed by atoms with Crippen LogP contribution in [0.3, 0.4) is 0 Å². The minimum atomic E-state index is -0.975. The zero-order chi connectivity index (χ0) is 23.5. The van der Waals surface area contributed by atoms with Gasteiger partial charge in [-0.25, -0.2) is 4.90 Å². The molecule has 3 saturated heterocycles. The molecule has 0 spiro atoms. The molecule has 0 bridgehead atoms. The zero-order valence-electron chi connectivity index (χ0n) is 19.4. The van der Waals surface area contributed by atoms with Crippen molar-refractivity contribution in [1.82, 2.24) is 31.1 Å². The lowest BCUT2D eigenvalue weighted by Crippen LogP contribution is -2.68. The number of hydrogen-bond donors (Lipinski definition) is 7. The Hall–Kier alpha value is 0.180. The van der Waals surface area contributed by atoms with E-state index in [0.29, 0.717) is 25.8 Å². The van der Waals surface area contributed by atoms with Gasteiger partial charge in [0.05, 0.1) is 25.0 Å². The zero-order valence-corrected chi connectivity index (χ0v) is 20.9. The SMILES string of the molecule is CN(CCNCCC1C(Cl)CCCC1Cl)C[C@H]1O[C@@H](N2CNC3C(N)NCNC32)[C@H](O)[C@@H]1O. The topological polar surface area (TPSA) is 130 Å². The third-order valence-electron chi connectivity index (χ3n) is 7.61. The minimum Gasteiger partial charge on any atom is -0.387 e. The van der Waals surface area contributed by atoms with Gasteiger partial charge in [0.15, 0.2) is 0 Å². The number of fused-ring (bicyclic) bond motifs is 1. The highest BCUT2D eigenvalue weighted by Crippen LogP contribution is 2.34. The highest BCUT2D eigenvalue weighted by atomic mass is 35.5. The molecule has 1 aliphatic carbocycles. The van der Waals surface area contributed by atoms with Crippen LogP contribution in [0.15, 0.2) is 0 Å². The van der Waals surface area contributed by atoms with Crippen LogP contribution in [0.25, 0.3) is 0 Å².